The number of benzene rings is 2. The molecule has 1 N–H and O–H groups in total. The second-order valence-corrected chi connectivity index (χ2v) is 7.07. The molecule has 4 nitrogen and oxygen atoms in total. The molecule has 6 heteroatoms. The number of hydrogen-bond donors (Lipinski definition) is 1. The van der Waals surface area contributed by atoms with Gasteiger partial charge < -0.3 is 5.11 Å². The van der Waals surface area contributed by atoms with Gasteiger partial charge in [0.25, 0.3) is 0 Å². The molecule has 28 heavy (non-hydrogen) atoms. The molecule has 0 radical (unpaired) electrons. The molecule has 0 amide bonds. The van der Waals surface area contributed by atoms with E-state index >= 15 is 0 Å². The number of likely N-dealkylation sites (tertiary alicyclic amines) is 1. The zero-order chi connectivity index (χ0) is 19.7. The maximum Gasteiger partial charge on any atom is 0.320 e. The summed E-state index contributed by atoms with van der Waals surface area (Å²) < 4.78 is 28.4. The summed E-state index contributed by atoms with van der Waals surface area (Å²) in [4.78, 5) is 18.1. The van der Waals surface area contributed by atoms with E-state index in [1.165, 1.54) is 12.1 Å². The summed E-state index contributed by atoms with van der Waals surface area (Å²) in [6.45, 7) is 0.523. The smallest absolute Gasteiger partial charge is 0.320 e. The average Bonchev–Trinajstić information content (AvgIpc) is 2.70. The summed E-state index contributed by atoms with van der Waals surface area (Å²) >= 11 is 0. The van der Waals surface area contributed by atoms with Crippen LogP contribution in [0.5, 0.6) is 0 Å². The van der Waals surface area contributed by atoms with E-state index in [-0.39, 0.29) is 5.56 Å². The summed E-state index contributed by atoms with van der Waals surface area (Å²) in [6.07, 6.45) is 3.78. The number of aromatic nitrogens is 1. The van der Waals surface area contributed by atoms with Crippen molar-refractivity contribution in [2.45, 2.75) is 31.3 Å². The van der Waals surface area contributed by atoms with E-state index in [4.69, 9.17) is 0 Å². The molecule has 1 aromatic heterocycles. The van der Waals surface area contributed by atoms with Gasteiger partial charge in [0.2, 0.25) is 0 Å². The number of fused-ring (bicyclic) bond motifs is 1. The number of carboxylic acid groups (broad SMARTS) is 1. The number of rotatable bonds is 4. The summed E-state index contributed by atoms with van der Waals surface area (Å²) in [7, 11) is 0. The van der Waals surface area contributed by atoms with Gasteiger partial charge in [-0.1, -0.05) is 30.7 Å². The van der Waals surface area contributed by atoms with Gasteiger partial charge in [0, 0.05) is 23.2 Å². The molecule has 1 aliphatic heterocycles. The molecular formula is C22H20F2N2O2. The lowest BCUT2D eigenvalue weighted by Gasteiger charge is -2.40. The number of nitrogens with zero attached hydrogens (tertiary/aromatic N) is 2. The lowest BCUT2D eigenvalue weighted by atomic mass is 9.90. The third kappa shape index (κ3) is 3.36. The first-order valence-corrected chi connectivity index (χ1v) is 9.33. The fraction of sp³-hybridized carbons (Fsp3) is 0.273. The summed E-state index contributed by atoms with van der Waals surface area (Å²) in [5.74, 6) is -2.26. The SMILES string of the molecule is O=C(O)C1CCCCN1C(c1ccc(F)cc1F)c1ccnc2ccccc12. The minimum Gasteiger partial charge on any atom is -0.480 e. The molecule has 0 saturated carbocycles. The molecule has 1 aliphatic rings. The standard InChI is InChI=1S/C22H20F2N2O2/c23-14-8-9-17(18(24)13-14)21(26-12-4-3-7-20(26)22(27)28)16-10-11-25-19-6-2-1-5-15(16)19/h1-2,5-6,8-11,13,20-21H,3-4,7,12H2,(H,27,28). The maximum absolute atomic E-state index is 14.8. The zero-order valence-corrected chi connectivity index (χ0v) is 15.2. The number of aliphatic carboxylic acids is 1. The Morgan fingerprint density at radius 3 is 2.71 bits per heavy atom. The predicted molar refractivity (Wildman–Crippen MR) is 102 cm³/mol. The highest BCUT2D eigenvalue weighted by Gasteiger charge is 2.36. The third-order valence-electron chi connectivity index (χ3n) is 5.40. The van der Waals surface area contributed by atoms with E-state index in [1.807, 2.05) is 29.2 Å². The highest BCUT2D eigenvalue weighted by atomic mass is 19.1. The van der Waals surface area contributed by atoms with Gasteiger partial charge in [-0.05, 0) is 43.1 Å². The van der Waals surface area contributed by atoms with E-state index in [0.29, 0.717) is 13.0 Å². The Morgan fingerprint density at radius 2 is 1.93 bits per heavy atom. The average molecular weight is 382 g/mol. The highest BCUT2D eigenvalue weighted by molar-refractivity contribution is 5.83. The quantitative estimate of drug-likeness (QED) is 0.720. The van der Waals surface area contributed by atoms with Crippen LogP contribution in [0.1, 0.15) is 36.4 Å². The van der Waals surface area contributed by atoms with Crippen molar-refractivity contribution in [3.63, 3.8) is 0 Å². The second-order valence-electron chi connectivity index (χ2n) is 7.07. The minimum atomic E-state index is -0.925. The normalized spacial score (nSPS) is 18.9. The number of para-hydroxylation sites is 1. The summed E-state index contributed by atoms with van der Waals surface area (Å²) in [5, 5.41) is 10.6. The van der Waals surface area contributed by atoms with Crippen LogP contribution in [-0.2, 0) is 4.79 Å². The first kappa shape index (κ1) is 18.5. The van der Waals surface area contributed by atoms with Gasteiger partial charge in [-0.15, -0.1) is 0 Å². The first-order chi connectivity index (χ1) is 13.6. The largest absolute Gasteiger partial charge is 0.480 e. The molecule has 1 saturated heterocycles. The Labute approximate surface area is 161 Å². The summed E-state index contributed by atoms with van der Waals surface area (Å²) in [6, 6.07) is 11.4. The van der Waals surface area contributed by atoms with Crippen LogP contribution in [0, 0.1) is 11.6 Å². The van der Waals surface area contributed by atoms with Gasteiger partial charge in [0.05, 0.1) is 11.6 Å². The number of halogens is 2. The fourth-order valence-corrected chi connectivity index (χ4v) is 4.13. The topological polar surface area (TPSA) is 53.4 Å². The third-order valence-corrected chi connectivity index (χ3v) is 5.40. The maximum atomic E-state index is 14.8. The number of pyridine rings is 1. The molecule has 2 heterocycles. The van der Waals surface area contributed by atoms with Crippen molar-refractivity contribution in [3.8, 4) is 0 Å². The Hall–Kier alpha value is -2.86. The zero-order valence-electron chi connectivity index (χ0n) is 15.2. The number of carbonyl (C=O) groups is 1. The van der Waals surface area contributed by atoms with Gasteiger partial charge in [0.15, 0.2) is 0 Å². The van der Waals surface area contributed by atoms with Crippen molar-refractivity contribution < 1.29 is 18.7 Å². The molecule has 144 valence electrons. The van der Waals surface area contributed by atoms with E-state index in [2.05, 4.69) is 4.98 Å². The van der Waals surface area contributed by atoms with Gasteiger partial charge >= 0.3 is 5.97 Å². The van der Waals surface area contributed by atoms with Crippen LogP contribution in [0.4, 0.5) is 8.78 Å². The van der Waals surface area contributed by atoms with Gasteiger partial charge in [-0.2, -0.15) is 0 Å². The van der Waals surface area contributed by atoms with Crippen LogP contribution in [0.15, 0.2) is 54.7 Å². The molecular weight excluding hydrogens is 362 g/mol. The Balaban J connectivity index is 1.94. The van der Waals surface area contributed by atoms with Gasteiger partial charge in [-0.25, -0.2) is 8.78 Å². The number of carboxylic acids is 1. The van der Waals surface area contributed by atoms with Crippen molar-refractivity contribution in [3.05, 3.63) is 77.5 Å². The molecule has 2 atom stereocenters. The lowest BCUT2D eigenvalue weighted by molar-refractivity contribution is -0.145. The van der Waals surface area contributed by atoms with Crippen LogP contribution in [0.25, 0.3) is 10.9 Å². The molecule has 3 aromatic rings. The van der Waals surface area contributed by atoms with E-state index < -0.39 is 29.7 Å². The van der Waals surface area contributed by atoms with Crippen LogP contribution in [-0.4, -0.2) is 33.5 Å². The molecule has 4 rings (SSSR count). The minimum absolute atomic E-state index is 0.269. The Kier molecular flexibility index (Phi) is 5.05. The van der Waals surface area contributed by atoms with Crippen molar-refractivity contribution in [2.24, 2.45) is 0 Å². The molecule has 1 fully saturated rings. The highest BCUT2D eigenvalue weighted by Crippen LogP contribution is 2.38. The first-order valence-electron chi connectivity index (χ1n) is 9.33. The van der Waals surface area contributed by atoms with Crippen molar-refractivity contribution in [1.82, 2.24) is 9.88 Å². The van der Waals surface area contributed by atoms with E-state index in [1.54, 1.807) is 12.3 Å². The van der Waals surface area contributed by atoms with Crippen molar-refractivity contribution >= 4 is 16.9 Å². The monoisotopic (exact) mass is 382 g/mol. The molecule has 0 aliphatic carbocycles. The Morgan fingerprint density at radius 1 is 1.11 bits per heavy atom. The summed E-state index contributed by atoms with van der Waals surface area (Å²) in [5.41, 5.74) is 1.78. The van der Waals surface area contributed by atoms with Crippen LogP contribution in [0.3, 0.4) is 0 Å². The predicted octanol–water partition coefficient (Wildman–Crippen LogP) is 4.54. The fourth-order valence-electron chi connectivity index (χ4n) is 4.13. The number of hydrogen-bond acceptors (Lipinski definition) is 3. The van der Waals surface area contributed by atoms with E-state index in [0.717, 1.165) is 35.4 Å². The molecule has 0 bridgehead atoms. The van der Waals surface area contributed by atoms with Gasteiger partial charge in [-0.3, -0.25) is 14.7 Å². The Bertz CT molecular complexity index is 1020. The van der Waals surface area contributed by atoms with Crippen LogP contribution in [0.2, 0.25) is 0 Å². The van der Waals surface area contributed by atoms with Gasteiger partial charge in [0.1, 0.15) is 17.7 Å². The molecule has 0 spiro atoms. The van der Waals surface area contributed by atoms with Crippen LogP contribution >= 0.6 is 0 Å². The lowest BCUT2D eigenvalue weighted by Crippen LogP contribution is -2.47. The molecule has 2 unspecified atom stereocenters. The van der Waals surface area contributed by atoms with Crippen molar-refractivity contribution in [1.29, 1.82) is 0 Å². The number of piperidine rings is 1. The molecule has 2 aromatic carbocycles. The van der Waals surface area contributed by atoms with Crippen LogP contribution < -0.4 is 0 Å². The second kappa shape index (κ2) is 7.64. The van der Waals surface area contributed by atoms with E-state index in [9.17, 15) is 18.7 Å². The van der Waals surface area contributed by atoms with Crippen molar-refractivity contribution in [2.75, 3.05) is 6.54 Å².